The number of aromatic nitrogens is 5. The molecule has 1 fully saturated rings. The van der Waals surface area contributed by atoms with Gasteiger partial charge in [0.2, 0.25) is 5.91 Å². The van der Waals surface area contributed by atoms with E-state index in [1.54, 1.807) is 14.2 Å². The van der Waals surface area contributed by atoms with Crippen LogP contribution in [0, 0.1) is 20.8 Å². The summed E-state index contributed by atoms with van der Waals surface area (Å²) in [5.74, 6) is 0.828. The van der Waals surface area contributed by atoms with Crippen molar-refractivity contribution in [1.29, 1.82) is 0 Å². The van der Waals surface area contributed by atoms with E-state index >= 15 is 0 Å². The van der Waals surface area contributed by atoms with E-state index in [4.69, 9.17) is 16.3 Å². The van der Waals surface area contributed by atoms with E-state index in [1.165, 1.54) is 17.8 Å². The van der Waals surface area contributed by atoms with Crippen molar-refractivity contribution in [3.63, 3.8) is 0 Å². The third-order valence-corrected chi connectivity index (χ3v) is 8.06. The Morgan fingerprint density at radius 3 is 2.37 bits per heavy atom. The summed E-state index contributed by atoms with van der Waals surface area (Å²) in [6.45, 7) is 9.54. The molecule has 4 heterocycles. The average molecular weight is 681 g/mol. The van der Waals surface area contributed by atoms with Crippen LogP contribution in [0.4, 0.5) is 11.5 Å². The number of halogens is 1. The van der Waals surface area contributed by atoms with Gasteiger partial charge in [0.1, 0.15) is 11.3 Å². The molecule has 1 unspecified atom stereocenters. The first-order chi connectivity index (χ1) is 21.5. The first-order valence-electron chi connectivity index (χ1n) is 14.1. The maximum absolute atomic E-state index is 13.0. The zero-order valence-corrected chi connectivity index (χ0v) is 27.7. The predicted octanol–water partition coefficient (Wildman–Crippen LogP) is 4.75. The molecule has 1 radical (unpaired) electrons. The Bertz CT molecular complexity index is 2060. The fourth-order valence-electron chi connectivity index (χ4n) is 5.11. The quantitative estimate of drug-likeness (QED) is 0.201. The molecule has 2 N–H and O–H groups in total. The molecule has 1 amide bonds. The fourth-order valence-corrected chi connectivity index (χ4v) is 5.44. The minimum Gasteiger partial charge on any atom is -0.537 e. The number of benzene rings is 2. The number of anilines is 2. The molecule has 13 heteroatoms. The molecule has 1 saturated heterocycles. The molecule has 1 aliphatic rings. The van der Waals surface area contributed by atoms with Gasteiger partial charge in [0, 0.05) is 43.0 Å². The van der Waals surface area contributed by atoms with E-state index in [0.29, 0.717) is 39.8 Å². The largest absolute Gasteiger partial charge is 2.00 e. The number of fused-ring (bicyclic) bond motifs is 1. The fraction of sp³-hybridized carbons (Fsp3) is 0.212. The summed E-state index contributed by atoms with van der Waals surface area (Å²) in [4.78, 5) is 40.2. The van der Waals surface area contributed by atoms with Crippen LogP contribution in [0.2, 0.25) is 5.02 Å². The number of carbonyl (C=O) groups is 1. The molecule has 3 aromatic heterocycles. The Hall–Kier alpha value is -4.64. The zero-order chi connectivity index (χ0) is 32.4. The molecule has 0 aliphatic carbocycles. The third-order valence-electron chi connectivity index (χ3n) is 7.65. The van der Waals surface area contributed by atoms with E-state index in [1.807, 2.05) is 55.5 Å². The van der Waals surface area contributed by atoms with Gasteiger partial charge in [-0.05, 0) is 24.1 Å². The molecule has 0 saturated carbocycles. The molecular weight excluding hydrogens is 649 g/mol. The van der Waals surface area contributed by atoms with Crippen molar-refractivity contribution in [1.82, 2.24) is 29.6 Å². The number of nitrogens with zero attached hydrogens (tertiary/aromatic N) is 5. The minimum absolute atomic E-state index is 0. The van der Waals surface area contributed by atoms with Gasteiger partial charge in [-0.3, -0.25) is 23.7 Å². The molecular formula is C33H32ClMnN7O4. The summed E-state index contributed by atoms with van der Waals surface area (Å²) in [6, 6.07) is 15.4. The number of carbonyl (C=O) groups excluding carboxylic acids is 1. The van der Waals surface area contributed by atoms with Crippen LogP contribution >= 0.6 is 11.6 Å². The van der Waals surface area contributed by atoms with Crippen LogP contribution in [0.1, 0.15) is 24.0 Å². The van der Waals surface area contributed by atoms with Gasteiger partial charge in [0.05, 0.1) is 23.8 Å². The van der Waals surface area contributed by atoms with Crippen LogP contribution < -0.4 is 26.6 Å². The summed E-state index contributed by atoms with van der Waals surface area (Å²) in [7, 11) is 4.58. The van der Waals surface area contributed by atoms with Crippen molar-refractivity contribution < 1.29 is 26.6 Å². The molecule has 1 aliphatic heterocycles. The Balaban J connectivity index is 0.000000532. The molecule has 1 atom stereocenters. The van der Waals surface area contributed by atoms with Crippen LogP contribution in [-0.2, 0) is 36.0 Å². The van der Waals surface area contributed by atoms with Crippen LogP contribution in [0.3, 0.4) is 0 Å². The van der Waals surface area contributed by atoms with Gasteiger partial charge in [0.25, 0.3) is 5.56 Å². The number of pyridine rings is 1. The number of aryl methyl sites for hydroxylation is 1. The van der Waals surface area contributed by atoms with Crippen LogP contribution in [-0.4, -0.2) is 43.4 Å². The van der Waals surface area contributed by atoms with Gasteiger partial charge >= 0.3 is 22.8 Å². The van der Waals surface area contributed by atoms with E-state index in [0.717, 1.165) is 33.2 Å². The molecule has 6 rings (SSSR count). The number of hydrogen-bond donors (Lipinski definition) is 2. The maximum atomic E-state index is 13.0. The molecule has 2 aromatic carbocycles. The Morgan fingerprint density at radius 1 is 1.02 bits per heavy atom. The Morgan fingerprint density at radius 2 is 1.72 bits per heavy atom. The molecule has 11 nitrogen and oxygen atoms in total. The van der Waals surface area contributed by atoms with Crippen molar-refractivity contribution in [2.75, 3.05) is 12.4 Å². The number of hydrogen-bond acceptors (Lipinski definition) is 8. The minimum atomic E-state index is -0.457. The number of nitrogens with one attached hydrogen (secondary N) is 2. The van der Waals surface area contributed by atoms with Gasteiger partial charge < -0.3 is 22.3 Å². The summed E-state index contributed by atoms with van der Waals surface area (Å²) in [6.07, 6.45) is 2.97. The van der Waals surface area contributed by atoms with Gasteiger partial charge in [-0.15, -0.1) is 10.7 Å². The van der Waals surface area contributed by atoms with Crippen LogP contribution in [0.5, 0.6) is 5.88 Å². The van der Waals surface area contributed by atoms with Gasteiger partial charge in [-0.1, -0.05) is 60.5 Å². The number of methoxy groups -OCH3 is 1. The van der Waals surface area contributed by atoms with Crippen molar-refractivity contribution in [3.05, 3.63) is 106 Å². The topological polar surface area (TPSA) is 133 Å². The van der Waals surface area contributed by atoms with Crippen LogP contribution in [0.15, 0.2) is 64.3 Å². The zero-order valence-electron chi connectivity index (χ0n) is 25.7. The molecule has 0 spiro atoms. The summed E-state index contributed by atoms with van der Waals surface area (Å²) >= 11 is 6.93. The second-order valence-corrected chi connectivity index (χ2v) is 11.0. The smallest absolute Gasteiger partial charge is 0.537 e. The number of rotatable bonds is 5. The van der Waals surface area contributed by atoms with Gasteiger partial charge in [-0.2, -0.15) is 18.1 Å². The Kier molecular flexibility index (Phi) is 10.6. The first kappa shape index (κ1) is 34.2. The Labute approximate surface area is 281 Å². The predicted molar refractivity (Wildman–Crippen MR) is 176 cm³/mol. The van der Waals surface area contributed by atoms with Gasteiger partial charge in [-0.25, -0.2) is 4.79 Å². The summed E-state index contributed by atoms with van der Waals surface area (Å²) in [5.41, 5.74) is 4.88. The SMILES string of the molecule is [CH2-]C1CCC(=O)N1.[CH2-]c1ccc(-c2cccc(-c3cccc(Nc4nncc5c4c(=O)n(C)c(=O)n5C)c3C)c2Cl)nc1OC.[Mn+2]. The number of amides is 1. The van der Waals surface area contributed by atoms with E-state index < -0.39 is 11.2 Å². The number of ether oxygens (including phenoxy) is 1. The van der Waals surface area contributed by atoms with Crippen molar-refractivity contribution in [2.45, 2.75) is 25.8 Å². The molecule has 46 heavy (non-hydrogen) atoms. The summed E-state index contributed by atoms with van der Waals surface area (Å²) < 4.78 is 7.75. The van der Waals surface area contributed by atoms with E-state index in [9.17, 15) is 14.4 Å². The molecule has 0 bridgehead atoms. The monoisotopic (exact) mass is 680 g/mol. The van der Waals surface area contributed by atoms with E-state index in [2.05, 4.69) is 39.7 Å². The van der Waals surface area contributed by atoms with Crippen molar-refractivity contribution in [3.8, 4) is 28.3 Å². The van der Waals surface area contributed by atoms with Crippen molar-refractivity contribution in [2.24, 2.45) is 14.1 Å². The molecule has 237 valence electrons. The third kappa shape index (κ3) is 6.64. The second kappa shape index (κ2) is 14.2. The molecule has 5 aromatic rings. The summed E-state index contributed by atoms with van der Waals surface area (Å²) in [5, 5.41) is 14.9. The standard InChI is InChI=1S/C28H24ClN6O3.C5H8NO.Mn/c1-15-12-13-21(32-26(15)38-5)19-10-6-9-18(24(19)29)17-8-7-11-20(16(17)2)31-25-23-22(14-30-33-25)34(3)28(37)35(4)27(23)36;1-4-2-3-5(7)6-4;/h6-14H,1H2,2-5H3,(H,31,33);4H,1-3H2,(H,6,7);/q2*-1;+2. The first-order valence-corrected chi connectivity index (χ1v) is 14.5. The van der Waals surface area contributed by atoms with Gasteiger partial charge in [0.15, 0.2) is 5.82 Å². The van der Waals surface area contributed by atoms with E-state index in [-0.39, 0.29) is 40.2 Å². The van der Waals surface area contributed by atoms with Crippen LogP contribution in [0.25, 0.3) is 33.3 Å². The maximum Gasteiger partial charge on any atom is 2.00 e. The average Bonchev–Trinajstić information content (AvgIpc) is 3.42. The normalized spacial score (nSPS) is 13.8. The van der Waals surface area contributed by atoms with Crippen molar-refractivity contribution >= 4 is 39.9 Å². The second-order valence-electron chi connectivity index (χ2n) is 10.6.